The summed E-state index contributed by atoms with van der Waals surface area (Å²) in [4.78, 5) is 6.02. The Balaban J connectivity index is 6.25. The lowest BCUT2D eigenvalue weighted by Crippen LogP contribution is -2.56. The van der Waals surface area contributed by atoms with Crippen LogP contribution in [0, 0.1) is 16.7 Å². The van der Waals surface area contributed by atoms with E-state index in [1.165, 1.54) is 0 Å². The van der Waals surface area contributed by atoms with E-state index in [0.29, 0.717) is 0 Å². The van der Waals surface area contributed by atoms with Gasteiger partial charge in [0.05, 0.1) is 19.3 Å². The molecule has 0 rings (SSSR count). The van der Waals surface area contributed by atoms with Crippen molar-refractivity contribution < 1.29 is 18.5 Å². The van der Waals surface area contributed by atoms with Crippen molar-refractivity contribution in [1.82, 2.24) is 5.06 Å². The minimum atomic E-state index is -3.51. The second kappa shape index (κ2) is 8.29. The molecule has 7 heteroatoms. The summed E-state index contributed by atoms with van der Waals surface area (Å²) in [6.45, 7) is 19.2. The lowest BCUT2D eigenvalue weighted by molar-refractivity contribution is -0.278. The summed E-state index contributed by atoms with van der Waals surface area (Å²) >= 11 is 0. The summed E-state index contributed by atoms with van der Waals surface area (Å²) in [5.74, 6) is -0.669. The second-order valence-electron chi connectivity index (χ2n) is 8.33. The number of hydroxylamine groups is 2. The average Bonchev–Trinajstić information content (AvgIpc) is 2.35. The summed E-state index contributed by atoms with van der Waals surface area (Å²) in [5, 5.41) is 11.0. The third-order valence-corrected chi connectivity index (χ3v) is 5.99. The topological polar surface area (TPSA) is 71.8 Å². The van der Waals surface area contributed by atoms with Crippen LogP contribution in [0.4, 0.5) is 0 Å². The highest BCUT2D eigenvalue weighted by Gasteiger charge is 2.52. The molecule has 142 valence electrons. The van der Waals surface area contributed by atoms with Crippen LogP contribution in [0.3, 0.4) is 0 Å². The molecule has 0 aromatic heterocycles. The number of rotatable bonds is 8. The van der Waals surface area contributed by atoms with Crippen LogP contribution in [0.25, 0.3) is 0 Å². The minimum Gasteiger partial charge on any atom is -0.308 e. The molecule has 0 saturated heterocycles. The van der Waals surface area contributed by atoms with E-state index in [-0.39, 0.29) is 13.2 Å². The molecule has 0 aliphatic carbocycles. The monoisotopic (exact) mass is 362 g/mol. The van der Waals surface area contributed by atoms with Crippen LogP contribution in [0.5, 0.6) is 0 Å². The van der Waals surface area contributed by atoms with Crippen LogP contribution in [-0.4, -0.2) is 35.2 Å². The van der Waals surface area contributed by atoms with Crippen molar-refractivity contribution in [2.24, 2.45) is 5.41 Å². The molecular weight excluding hydrogens is 327 g/mol. The molecule has 0 spiro atoms. The fourth-order valence-corrected chi connectivity index (χ4v) is 4.99. The molecule has 1 atom stereocenters. The Morgan fingerprint density at radius 1 is 1.00 bits per heavy atom. The van der Waals surface area contributed by atoms with Crippen molar-refractivity contribution in [3.05, 3.63) is 0 Å². The summed E-state index contributed by atoms with van der Waals surface area (Å²) in [5.41, 5.74) is -2.06. The quantitative estimate of drug-likeness (QED) is 0.449. The first-order chi connectivity index (χ1) is 10.6. The lowest BCUT2D eigenvalue weighted by atomic mass is 9.94. The summed E-state index contributed by atoms with van der Waals surface area (Å²) < 4.78 is 24.8. The first-order valence-corrected chi connectivity index (χ1v) is 10.0. The lowest BCUT2D eigenvalue weighted by Gasteiger charge is -2.48. The Kier molecular flexibility index (Phi) is 8.14. The second-order valence-corrected chi connectivity index (χ2v) is 10.4. The van der Waals surface area contributed by atoms with Crippen LogP contribution >= 0.6 is 7.60 Å². The molecule has 0 radical (unpaired) electrons. The fraction of sp³-hybridized carbons (Fsp3) is 0.941. The molecule has 24 heavy (non-hydrogen) atoms. The number of nitriles is 1. The normalized spacial score (nSPS) is 15.4. The van der Waals surface area contributed by atoms with Gasteiger partial charge in [-0.15, -0.1) is 0 Å². The molecule has 0 fully saturated rings. The molecule has 0 aromatic carbocycles. The van der Waals surface area contributed by atoms with Crippen LogP contribution in [0.2, 0.25) is 0 Å². The van der Waals surface area contributed by atoms with Crippen LogP contribution < -0.4 is 0 Å². The van der Waals surface area contributed by atoms with E-state index >= 15 is 0 Å². The molecule has 0 aliphatic heterocycles. The van der Waals surface area contributed by atoms with E-state index in [9.17, 15) is 9.83 Å². The van der Waals surface area contributed by atoms with Gasteiger partial charge < -0.3 is 9.05 Å². The standard InChI is InChI=1S/C17H35N2O4P/c1-11-21-24(20,22-12-2)14(15(3,4)5)19(16(6,7)8)23-17(9,10)13-18/h14H,11-12H2,1-10H3. The highest BCUT2D eigenvalue weighted by Crippen LogP contribution is 2.61. The van der Waals surface area contributed by atoms with Crippen molar-refractivity contribution in [2.75, 3.05) is 13.2 Å². The van der Waals surface area contributed by atoms with Gasteiger partial charge in [-0.2, -0.15) is 10.3 Å². The Morgan fingerprint density at radius 3 is 1.67 bits per heavy atom. The molecule has 0 heterocycles. The predicted molar refractivity (Wildman–Crippen MR) is 96.5 cm³/mol. The number of hydrogen-bond acceptors (Lipinski definition) is 6. The first-order valence-electron chi connectivity index (χ1n) is 8.43. The van der Waals surface area contributed by atoms with Gasteiger partial charge in [-0.1, -0.05) is 20.8 Å². The van der Waals surface area contributed by atoms with E-state index in [1.807, 2.05) is 41.5 Å². The summed E-state index contributed by atoms with van der Waals surface area (Å²) in [7, 11) is -3.51. The Morgan fingerprint density at radius 2 is 1.42 bits per heavy atom. The van der Waals surface area contributed by atoms with Gasteiger partial charge in [-0.3, -0.25) is 9.40 Å². The largest absolute Gasteiger partial charge is 0.350 e. The maximum Gasteiger partial charge on any atom is 0.350 e. The van der Waals surface area contributed by atoms with E-state index in [1.54, 1.807) is 32.8 Å². The smallest absolute Gasteiger partial charge is 0.308 e. The van der Waals surface area contributed by atoms with Crippen molar-refractivity contribution in [3.8, 4) is 6.07 Å². The van der Waals surface area contributed by atoms with E-state index in [2.05, 4.69) is 6.07 Å². The zero-order valence-electron chi connectivity index (χ0n) is 17.0. The van der Waals surface area contributed by atoms with Crippen molar-refractivity contribution in [3.63, 3.8) is 0 Å². The highest BCUT2D eigenvalue weighted by molar-refractivity contribution is 7.54. The zero-order valence-corrected chi connectivity index (χ0v) is 17.9. The van der Waals surface area contributed by atoms with E-state index in [0.717, 1.165) is 0 Å². The third-order valence-electron chi connectivity index (χ3n) is 3.17. The van der Waals surface area contributed by atoms with Crippen molar-refractivity contribution >= 4 is 7.60 Å². The average molecular weight is 362 g/mol. The van der Waals surface area contributed by atoms with Crippen molar-refractivity contribution in [1.29, 1.82) is 5.26 Å². The van der Waals surface area contributed by atoms with Gasteiger partial charge in [0.25, 0.3) is 0 Å². The van der Waals surface area contributed by atoms with E-state index in [4.69, 9.17) is 13.9 Å². The van der Waals surface area contributed by atoms with Gasteiger partial charge in [-0.25, -0.2) is 0 Å². The Hall–Kier alpha value is -0.440. The van der Waals surface area contributed by atoms with Gasteiger partial charge in [0.2, 0.25) is 0 Å². The highest BCUT2D eigenvalue weighted by atomic mass is 31.2. The van der Waals surface area contributed by atoms with Gasteiger partial charge >= 0.3 is 7.60 Å². The zero-order chi connectivity index (χ0) is 19.4. The van der Waals surface area contributed by atoms with Crippen molar-refractivity contribution in [2.45, 2.75) is 86.2 Å². The van der Waals surface area contributed by atoms with Gasteiger partial charge in [0.1, 0.15) is 5.78 Å². The number of hydrogen-bond donors (Lipinski definition) is 0. The molecule has 1 unspecified atom stereocenters. The van der Waals surface area contributed by atoms with Crippen LogP contribution in [-0.2, 0) is 18.5 Å². The fourth-order valence-electron chi connectivity index (χ4n) is 2.31. The van der Waals surface area contributed by atoms with Gasteiger partial charge in [-0.05, 0) is 53.9 Å². The maximum absolute atomic E-state index is 13.6. The first kappa shape index (κ1) is 23.6. The molecule has 0 aromatic rings. The van der Waals surface area contributed by atoms with Gasteiger partial charge in [0, 0.05) is 5.54 Å². The number of nitrogens with zero attached hydrogens (tertiary/aromatic N) is 2. The summed E-state index contributed by atoms with van der Waals surface area (Å²) in [6, 6.07) is 2.13. The minimum absolute atomic E-state index is 0.267. The molecule has 0 bridgehead atoms. The Bertz CT molecular complexity index is 476. The molecule has 0 amide bonds. The van der Waals surface area contributed by atoms with E-state index < -0.39 is 29.9 Å². The molecule has 0 N–H and O–H groups in total. The third kappa shape index (κ3) is 6.46. The van der Waals surface area contributed by atoms with Crippen LogP contribution in [0.15, 0.2) is 0 Å². The molecular formula is C17H35N2O4P. The molecule has 0 aliphatic rings. The predicted octanol–water partition coefficient (Wildman–Crippen LogP) is 4.96. The maximum atomic E-state index is 13.6. The molecule has 6 nitrogen and oxygen atoms in total. The summed E-state index contributed by atoms with van der Waals surface area (Å²) in [6.07, 6.45) is 0. The molecule has 0 saturated carbocycles. The Labute approximate surface area is 147 Å². The van der Waals surface area contributed by atoms with Gasteiger partial charge in [0.15, 0.2) is 5.60 Å². The van der Waals surface area contributed by atoms with Crippen LogP contribution in [0.1, 0.15) is 69.2 Å². The SMILES string of the molecule is CCOP(=O)(OCC)C(N(OC(C)(C)C#N)C(C)(C)C)C(C)(C)C.